The number of carbonyl (C=O) groups is 1. The molecule has 0 aromatic carbocycles. The second-order valence-electron chi connectivity index (χ2n) is 6.85. The van der Waals surface area contributed by atoms with Gasteiger partial charge in [0.05, 0.1) is 12.0 Å². The van der Waals surface area contributed by atoms with Gasteiger partial charge in [0.2, 0.25) is 5.91 Å². The van der Waals surface area contributed by atoms with Crippen LogP contribution in [0.15, 0.2) is 42.9 Å². The van der Waals surface area contributed by atoms with Crippen molar-refractivity contribution in [3.63, 3.8) is 0 Å². The Labute approximate surface area is 152 Å². The molecule has 3 atom stereocenters. The summed E-state index contributed by atoms with van der Waals surface area (Å²) < 4.78 is 5.82. The Bertz CT molecular complexity index is 727. The van der Waals surface area contributed by atoms with E-state index >= 15 is 0 Å². The molecule has 4 heterocycles. The lowest BCUT2D eigenvalue weighted by atomic mass is 9.94. The Morgan fingerprint density at radius 2 is 2.15 bits per heavy atom. The smallest absolute Gasteiger partial charge is 0.226 e. The first-order valence-corrected chi connectivity index (χ1v) is 9.16. The molecule has 2 saturated heterocycles. The molecule has 1 amide bonds. The van der Waals surface area contributed by atoms with Crippen molar-refractivity contribution < 1.29 is 9.53 Å². The highest BCUT2D eigenvalue weighted by molar-refractivity contribution is 5.80. The van der Waals surface area contributed by atoms with E-state index in [9.17, 15) is 4.79 Å². The number of piperidine rings is 1. The van der Waals surface area contributed by atoms with Gasteiger partial charge in [-0.3, -0.25) is 9.78 Å². The molecule has 2 aromatic heterocycles. The third-order valence-corrected chi connectivity index (χ3v) is 5.09. The zero-order chi connectivity index (χ0) is 17.8. The average Bonchev–Trinajstić information content (AvgIpc) is 3.20. The number of carbonyl (C=O) groups excluding carboxylic acids is 1. The highest BCUT2D eigenvalue weighted by atomic mass is 16.5. The van der Waals surface area contributed by atoms with E-state index in [2.05, 4.69) is 25.4 Å². The number of amides is 1. The first-order chi connectivity index (χ1) is 12.8. The molecule has 2 fully saturated rings. The molecule has 0 radical (unpaired) electrons. The lowest BCUT2D eigenvalue weighted by Crippen LogP contribution is -2.49. The quantitative estimate of drug-likeness (QED) is 0.902. The van der Waals surface area contributed by atoms with Crippen LogP contribution < -0.4 is 10.2 Å². The Balaban J connectivity index is 1.39. The van der Waals surface area contributed by atoms with Crippen molar-refractivity contribution in [2.75, 3.05) is 24.6 Å². The minimum Gasteiger partial charge on any atom is -0.373 e. The number of pyridine rings is 1. The molecule has 4 rings (SSSR count). The number of anilines is 1. The van der Waals surface area contributed by atoms with E-state index < -0.39 is 0 Å². The maximum Gasteiger partial charge on any atom is 0.226 e. The van der Waals surface area contributed by atoms with E-state index in [-0.39, 0.29) is 24.0 Å². The Morgan fingerprint density at radius 1 is 1.23 bits per heavy atom. The number of hydrogen-bond donors (Lipinski definition) is 1. The highest BCUT2D eigenvalue weighted by Crippen LogP contribution is 2.34. The summed E-state index contributed by atoms with van der Waals surface area (Å²) >= 11 is 0. The third-order valence-electron chi connectivity index (χ3n) is 5.09. The van der Waals surface area contributed by atoms with Gasteiger partial charge < -0.3 is 15.0 Å². The molecular formula is C19H23N5O2. The molecule has 1 N–H and O–H groups in total. The van der Waals surface area contributed by atoms with Crippen LogP contribution in [0.2, 0.25) is 0 Å². The van der Waals surface area contributed by atoms with Gasteiger partial charge >= 0.3 is 0 Å². The molecule has 0 spiro atoms. The lowest BCUT2D eigenvalue weighted by molar-refractivity contribution is -0.127. The average molecular weight is 353 g/mol. The lowest BCUT2D eigenvalue weighted by Gasteiger charge is -2.34. The summed E-state index contributed by atoms with van der Waals surface area (Å²) in [5.74, 6) is 0.775. The molecule has 2 aromatic rings. The largest absolute Gasteiger partial charge is 0.373 e. The zero-order valence-electron chi connectivity index (χ0n) is 14.6. The van der Waals surface area contributed by atoms with Crippen LogP contribution in [0.4, 0.5) is 5.82 Å². The number of rotatable bonds is 4. The fourth-order valence-corrected chi connectivity index (χ4v) is 3.80. The number of aromatic nitrogens is 3. The predicted molar refractivity (Wildman–Crippen MR) is 96.4 cm³/mol. The van der Waals surface area contributed by atoms with E-state index in [0.717, 1.165) is 43.7 Å². The minimum absolute atomic E-state index is 0.0716. The van der Waals surface area contributed by atoms with Crippen LogP contribution in [0.25, 0.3) is 0 Å². The summed E-state index contributed by atoms with van der Waals surface area (Å²) in [6, 6.07) is 7.82. The standard InChI is InChI=1S/C19H23N5O2/c25-19(16-7-11-26-18(16)14-4-1-8-20-12-14)22-15-5-3-10-24(13-15)17-6-2-9-21-23-17/h1-2,4,6,8-9,12,15-16,18H,3,5,7,10-11,13H2,(H,22,25)/t15?,16-,18+/m0/s1. The van der Waals surface area contributed by atoms with Gasteiger partial charge in [0.15, 0.2) is 5.82 Å². The second kappa shape index (κ2) is 7.78. The van der Waals surface area contributed by atoms with Crippen LogP contribution in [0.3, 0.4) is 0 Å². The van der Waals surface area contributed by atoms with Crippen molar-refractivity contribution in [1.29, 1.82) is 0 Å². The van der Waals surface area contributed by atoms with Crippen molar-refractivity contribution in [3.05, 3.63) is 48.4 Å². The molecule has 2 aliphatic heterocycles. The first kappa shape index (κ1) is 16.9. The van der Waals surface area contributed by atoms with Crippen molar-refractivity contribution in [2.45, 2.75) is 31.4 Å². The van der Waals surface area contributed by atoms with Crippen LogP contribution in [-0.4, -0.2) is 46.8 Å². The van der Waals surface area contributed by atoms with E-state index in [1.165, 1.54) is 0 Å². The summed E-state index contributed by atoms with van der Waals surface area (Å²) in [5.41, 5.74) is 0.968. The number of nitrogens with zero attached hydrogens (tertiary/aromatic N) is 4. The van der Waals surface area contributed by atoms with E-state index in [4.69, 9.17) is 4.74 Å². The zero-order valence-corrected chi connectivity index (χ0v) is 14.6. The van der Waals surface area contributed by atoms with E-state index in [1.807, 2.05) is 24.3 Å². The summed E-state index contributed by atoms with van der Waals surface area (Å²) in [5, 5.41) is 11.4. The van der Waals surface area contributed by atoms with Gasteiger partial charge in [0.25, 0.3) is 0 Å². The van der Waals surface area contributed by atoms with Crippen molar-refractivity contribution >= 4 is 11.7 Å². The minimum atomic E-state index is -0.205. The van der Waals surface area contributed by atoms with Crippen molar-refractivity contribution in [3.8, 4) is 0 Å². The highest BCUT2D eigenvalue weighted by Gasteiger charge is 2.36. The van der Waals surface area contributed by atoms with Gasteiger partial charge in [-0.25, -0.2) is 0 Å². The summed E-state index contributed by atoms with van der Waals surface area (Å²) in [6.07, 6.45) is 7.73. The van der Waals surface area contributed by atoms with E-state index in [0.29, 0.717) is 6.61 Å². The summed E-state index contributed by atoms with van der Waals surface area (Å²) in [6.45, 7) is 2.31. The Kier molecular flexibility index (Phi) is 5.06. The summed E-state index contributed by atoms with van der Waals surface area (Å²) in [7, 11) is 0. The van der Waals surface area contributed by atoms with Crippen molar-refractivity contribution in [2.24, 2.45) is 5.92 Å². The van der Waals surface area contributed by atoms with Crippen LogP contribution in [0, 0.1) is 5.92 Å². The number of hydrogen-bond acceptors (Lipinski definition) is 6. The Morgan fingerprint density at radius 3 is 2.96 bits per heavy atom. The molecule has 26 heavy (non-hydrogen) atoms. The van der Waals surface area contributed by atoms with Crippen LogP contribution >= 0.6 is 0 Å². The predicted octanol–water partition coefficient (Wildman–Crippen LogP) is 1.73. The molecule has 2 aliphatic rings. The molecular weight excluding hydrogens is 330 g/mol. The van der Waals surface area contributed by atoms with Crippen LogP contribution in [-0.2, 0) is 9.53 Å². The maximum absolute atomic E-state index is 12.9. The molecule has 136 valence electrons. The first-order valence-electron chi connectivity index (χ1n) is 9.16. The van der Waals surface area contributed by atoms with Crippen LogP contribution in [0.1, 0.15) is 30.9 Å². The second-order valence-corrected chi connectivity index (χ2v) is 6.85. The maximum atomic E-state index is 12.9. The third kappa shape index (κ3) is 3.67. The molecule has 7 nitrogen and oxygen atoms in total. The molecule has 0 aliphatic carbocycles. The van der Waals surface area contributed by atoms with Gasteiger partial charge in [-0.15, -0.1) is 5.10 Å². The van der Waals surface area contributed by atoms with Gasteiger partial charge in [0.1, 0.15) is 0 Å². The number of nitrogens with one attached hydrogen (secondary N) is 1. The normalized spacial score (nSPS) is 25.8. The van der Waals surface area contributed by atoms with Gasteiger partial charge in [0, 0.05) is 44.3 Å². The SMILES string of the molecule is O=C(NC1CCCN(c2cccnn2)C1)[C@H]1CCO[C@@H]1c1cccnc1. The molecule has 0 saturated carbocycles. The molecule has 1 unspecified atom stereocenters. The van der Waals surface area contributed by atoms with Crippen LogP contribution in [0.5, 0.6) is 0 Å². The van der Waals surface area contributed by atoms with Gasteiger partial charge in [-0.2, -0.15) is 5.10 Å². The topological polar surface area (TPSA) is 80.2 Å². The van der Waals surface area contributed by atoms with Gasteiger partial charge in [-0.05, 0) is 43.0 Å². The fourth-order valence-electron chi connectivity index (χ4n) is 3.80. The number of ether oxygens (including phenoxy) is 1. The van der Waals surface area contributed by atoms with Gasteiger partial charge in [-0.1, -0.05) is 6.07 Å². The van der Waals surface area contributed by atoms with Crippen molar-refractivity contribution in [1.82, 2.24) is 20.5 Å². The molecule has 7 heteroatoms. The fraction of sp³-hybridized carbons (Fsp3) is 0.474. The van der Waals surface area contributed by atoms with E-state index in [1.54, 1.807) is 18.6 Å². The Hall–Kier alpha value is -2.54. The monoisotopic (exact) mass is 353 g/mol. The molecule has 0 bridgehead atoms. The summed E-state index contributed by atoms with van der Waals surface area (Å²) in [4.78, 5) is 19.2.